The number of aryl methyl sites for hydroxylation is 1. The van der Waals surface area contributed by atoms with Gasteiger partial charge in [-0.25, -0.2) is 4.40 Å². The molecule has 1 nitrogen and oxygen atoms in total. The quantitative estimate of drug-likeness (QED) is 0.467. The Morgan fingerprint density at radius 3 is 2.40 bits per heavy atom. The highest BCUT2D eigenvalue weighted by Gasteiger charge is 1.84. The van der Waals surface area contributed by atoms with Crippen LogP contribution in [-0.2, 0) is 0 Å². The van der Waals surface area contributed by atoms with Crippen molar-refractivity contribution in [3.05, 3.63) is 35.4 Å². The molecule has 2 heteroatoms. The zero-order valence-electron chi connectivity index (χ0n) is 5.78. The van der Waals surface area contributed by atoms with E-state index in [2.05, 4.69) is 24.1 Å². The first-order chi connectivity index (χ1) is 4.83. The van der Waals surface area contributed by atoms with Gasteiger partial charge in [-0.05, 0) is 25.3 Å². The average Bonchev–Trinajstić information content (AvgIpc) is 1.95. The van der Waals surface area contributed by atoms with Crippen molar-refractivity contribution in [2.24, 2.45) is 4.40 Å². The second-order valence-corrected chi connectivity index (χ2v) is 2.39. The Hall–Kier alpha value is -0.760. The molecule has 1 aromatic rings. The Balaban J connectivity index is 2.89. The van der Waals surface area contributed by atoms with Crippen LogP contribution in [0.1, 0.15) is 11.1 Å². The standard InChI is InChI=1S/C8H9NS/c1-7-2-4-8(5-3-7)6-9-10/h2-6,10H,1H3. The molecule has 52 valence electrons. The molecule has 0 aromatic heterocycles. The third kappa shape index (κ3) is 1.88. The Morgan fingerprint density at radius 1 is 1.30 bits per heavy atom. The first kappa shape index (κ1) is 7.35. The lowest BCUT2D eigenvalue weighted by Gasteiger charge is -1.91. The summed E-state index contributed by atoms with van der Waals surface area (Å²) in [5.74, 6) is 0. The van der Waals surface area contributed by atoms with Crippen LogP contribution in [0.5, 0.6) is 0 Å². The third-order valence-electron chi connectivity index (χ3n) is 1.28. The molecule has 0 atom stereocenters. The molecule has 0 N–H and O–H groups in total. The zero-order chi connectivity index (χ0) is 7.40. The predicted octanol–water partition coefficient (Wildman–Crippen LogP) is 2.26. The van der Waals surface area contributed by atoms with E-state index in [-0.39, 0.29) is 0 Å². The predicted molar refractivity (Wildman–Crippen MR) is 47.8 cm³/mol. The number of nitrogens with zero attached hydrogens (tertiary/aromatic N) is 1. The van der Waals surface area contributed by atoms with Gasteiger partial charge in [-0.15, -0.1) is 0 Å². The summed E-state index contributed by atoms with van der Waals surface area (Å²) in [6.07, 6.45) is 1.71. The van der Waals surface area contributed by atoms with E-state index in [4.69, 9.17) is 0 Å². The first-order valence-electron chi connectivity index (χ1n) is 3.07. The van der Waals surface area contributed by atoms with E-state index in [0.29, 0.717) is 0 Å². The van der Waals surface area contributed by atoms with Crippen molar-refractivity contribution in [2.75, 3.05) is 0 Å². The van der Waals surface area contributed by atoms with Crippen molar-refractivity contribution < 1.29 is 0 Å². The molecule has 0 aliphatic rings. The molecule has 0 spiro atoms. The maximum Gasteiger partial charge on any atom is 0.0420 e. The molecule has 0 fully saturated rings. The number of rotatable bonds is 1. The molecule has 0 saturated carbocycles. The monoisotopic (exact) mass is 151 g/mol. The van der Waals surface area contributed by atoms with Crippen LogP contribution >= 0.6 is 12.8 Å². The lowest BCUT2D eigenvalue weighted by molar-refractivity contribution is 1.47. The van der Waals surface area contributed by atoms with Gasteiger partial charge in [-0.2, -0.15) is 0 Å². The number of hydrogen-bond donors (Lipinski definition) is 1. The zero-order valence-corrected chi connectivity index (χ0v) is 6.68. The van der Waals surface area contributed by atoms with E-state index in [9.17, 15) is 0 Å². The van der Waals surface area contributed by atoms with Crippen LogP contribution in [0.15, 0.2) is 28.7 Å². The fourth-order valence-corrected chi connectivity index (χ4v) is 0.853. The Morgan fingerprint density at radius 2 is 1.90 bits per heavy atom. The molecule has 0 heterocycles. The normalized spacial score (nSPS) is 10.6. The van der Waals surface area contributed by atoms with Crippen molar-refractivity contribution in [3.63, 3.8) is 0 Å². The van der Waals surface area contributed by atoms with Crippen LogP contribution in [0, 0.1) is 6.92 Å². The molecular weight excluding hydrogens is 142 g/mol. The van der Waals surface area contributed by atoms with Gasteiger partial charge in [0.05, 0.1) is 0 Å². The van der Waals surface area contributed by atoms with Gasteiger partial charge in [0.15, 0.2) is 0 Å². The Kier molecular flexibility index (Phi) is 2.51. The fraction of sp³-hybridized carbons (Fsp3) is 0.125. The van der Waals surface area contributed by atoms with E-state index in [1.165, 1.54) is 5.56 Å². The third-order valence-corrected chi connectivity index (χ3v) is 1.40. The largest absolute Gasteiger partial charge is 0.227 e. The van der Waals surface area contributed by atoms with Crippen molar-refractivity contribution in [3.8, 4) is 0 Å². The molecule has 10 heavy (non-hydrogen) atoms. The van der Waals surface area contributed by atoms with Gasteiger partial charge in [0.25, 0.3) is 0 Å². The second-order valence-electron chi connectivity index (χ2n) is 2.16. The highest BCUT2D eigenvalue weighted by atomic mass is 32.1. The minimum Gasteiger partial charge on any atom is -0.227 e. The topological polar surface area (TPSA) is 12.4 Å². The summed E-state index contributed by atoms with van der Waals surface area (Å²) < 4.78 is 3.61. The summed E-state index contributed by atoms with van der Waals surface area (Å²) in [7, 11) is 0. The smallest absolute Gasteiger partial charge is 0.0420 e. The van der Waals surface area contributed by atoms with Gasteiger partial charge in [0.1, 0.15) is 0 Å². The summed E-state index contributed by atoms with van der Waals surface area (Å²) >= 11 is 3.73. The molecule has 1 aromatic carbocycles. The lowest BCUT2D eigenvalue weighted by Crippen LogP contribution is -1.78. The fourth-order valence-electron chi connectivity index (χ4n) is 0.719. The summed E-state index contributed by atoms with van der Waals surface area (Å²) in [5.41, 5.74) is 2.34. The van der Waals surface area contributed by atoms with Gasteiger partial charge in [0.2, 0.25) is 0 Å². The van der Waals surface area contributed by atoms with E-state index in [1.807, 2.05) is 24.3 Å². The number of thiol groups is 1. The molecular formula is C8H9NS. The lowest BCUT2D eigenvalue weighted by atomic mass is 10.2. The van der Waals surface area contributed by atoms with Crippen LogP contribution in [0.3, 0.4) is 0 Å². The van der Waals surface area contributed by atoms with Gasteiger partial charge in [-0.1, -0.05) is 29.8 Å². The van der Waals surface area contributed by atoms with E-state index in [1.54, 1.807) is 6.21 Å². The summed E-state index contributed by atoms with van der Waals surface area (Å²) in [6, 6.07) is 8.11. The molecule has 0 radical (unpaired) electrons. The summed E-state index contributed by atoms with van der Waals surface area (Å²) in [4.78, 5) is 0. The van der Waals surface area contributed by atoms with Crippen molar-refractivity contribution in [2.45, 2.75) is 6.92 Å². The van der Waals surface area contributed by atoms with E-state index in [0.717, 1.165) is 5.56 Å². The van der Waals surface area contributed by atoms with Gasteiger partial charge in [-0.3, -0.25) is 0 Å². The molecule has 0 aliphatic heterocycles. The molecule has 0 saturated heterocycles. The van der Waals surface area contributed by atoms with Crippen LogP contribution in [-0.4, -0.2) is 6.21 Å². The van der Waals surface area contributed by atoms with Gasteiger partial charge >= 0.3 is 0 Å². The maximum absolute atomic E-state index is 3.73. The summed E-state index contributed by atoms with van der Waals surface area (Å²) in [5, 5.41) is 0. The number of benzene rings is 1. The van der Waals surface area contributed by atoms with Gasteiger partial charge < -0.3 is 0 Å². The Labute approximate surface area is 66.3 Å². The minimum absolute atomic E-state index is 1.08. The average molecular weight is 151 g/mol. The molecule has 1 rings (SSSR count). The summed E-state index contributed by atoms with van der Waals surface area (Å²) in [6.45, 7) is 2.06. The SMILES string of the molecule is Cc1ccc(C=NS)cc1. The molecule has 0 bridgehead atoms. The van der Waals surface area contributed by atoms with Gasteiger partial charge in [0, 0.05) is 6.21 Å². The van der Waals surface area contributed by atoms with Crippen LogP contribution in [0.2, 0.25) is 0 Å². The van der Waals surface area contributed by atoms with Crippen LogP contribution in [0.25, 0.3) is 0 Å². The Bertz CT molecular complexity index is 226. The minimum atomic E-state index is 1.08. The second kappa shape index (κ2) is 3.42. The van der Waals surface area contributed by atoms with Crippen molar-refractivity contribution in [1.82, 2.24) is 0 Å². The highest BCUT2D eigenvalue weighted by molar-refractivity contribution is 7.78. The van der Waals surface area contributed by atoms with Crippen LogP contribution in [0.4, 0.5) is 0 Å². The maximum atomic E-state index is 3.73. The van der Waals surface area contributed by atoms with Crippen molar-refractivity contribution >= 4 is 19.0 Å². The molecule has 0 unspecified atom stereocenters. The molecule has 0 amide bonds. The van der Waals surface area contributed by atoms with E-state index >= 15 is 0 Å². The highest BCUT2D eigenvalue weighted by Crippen LogP contribution is 2.00. The van der Waals surface area contributed by atoms with Crippen molar-refractivity contribution in [1.29, 1.82) is 0 Å². The van der Waals surface area contributed by atoms with E-state index < -0.39 is 0 Å². The first-order valence-corrected chi connectivity index (χ1v) is 3.47. The molecule has 0 aliphatic carbocycles. The number of hydrogen-bond acceptors (Lipinski definition) is 2. The van der Waals surface area contributed by atoms with Crippen LogP contribution < -0.4 is 0 Å².